The van der Waals surface area contributed by atoms with Crippen LogP contribution in [0.4, 0.5) is 5.13 Å². The van der Waals surface area contributed by atoms with E-state index in [4.69, 9.17) is 4.74 Å². The molecule has 2 aromatic rings. The lowest BCUT2D eigenvalue weighted by Gasteiger charge is -2.26. The fourth-order valence-corrected chi connectivity index (χ4v) is 5.73. The first-order valence-electron chi connectivity index (χ1n) is 9.55. The fraction of sp³-hybridized carbons (Fsp3) is 0.500. The van der Waals surface area contributed by atoms with Crippen molar-refractivity contribution in [1.29, 1.82) is 0 Å². The van der Waals surface area contributed by atoms with Crippen LogP contribution in [0.15, 0.2) is 17.0 Å². The monoisotopic (exact) mass is 437 g/mol. The number of thiazole rings is 1. The molecule has 1 aromatic carbocycles. The summed E-state index contributed by atoms with van der Waals surface area (Å²) in [6, 6.07) is 3.32. The predicted octanol–water partition coefficient (Wildman–Crippen LogP) is 3.50. The minimum absolute atomic E-state index is 0.0880. The Morgan fingerprint density at radius 1 is 1.31 bits per heavy atom. The standard InChI is InChI=1S/C20H27N3O4S2/c1-12(2)8-19(24)23-7-6-15-17(11-23)28-20(21-15)22-29(25,26)18-10-14(4)13(3)9-16(18)27-5/h9-10,12H,6-8,11H2,1-5H3,(H,21,22). The third-order valence-corrected chi connectivity index (χ3v) is 7.45. The predicted molar refractivity (Wildman–Crippen MR) is 114 cm³/mol. The number of amides is 1. The van der Waals surface area contributed by atoms with Crippen molar-refractivity contribution >= 4 is 32.4 Å². The number of hydrogen-bond acceptors (Lipinski definition) is 6. The number of nitrogens with one attached hydrogen (secondary N) is 1. The van der Waals surface area contributed by atoms with Gasteiger partial charge in [0.25, 0.3) is 10.0 Å². The van der Waals surface area contributed by atoms with Gasteiger partial charge in [-0.1, -0.05) is 25.2 Å². The number of carbonyl (C=O) groups is 1. The van der Waals surface area contributed by atoms with E-state index in [0.29, 0.717) is 42.7 Å². The number of anilines is 1. The number of sulfonamides is 1. The molecule has 7 nitrogen and oxygen atoms in total. The second-order valence-corrected chi connectivity index (χ2v) is 10.5. The van der Waals surface area contributed by atoms with Crippen LogP contribution in [0.2, 0.25) is 0 Å². The molecule has 1 N–H and O–H groups in total. The second-order valence-electron chi connectivity index (χ2n) is 7.74. The van der Waals surface area contributed by atoms with Crippen molar-refractivity contribution in [2.75, 3.05) is 18.4 Å². The van der Waals surface area contributed by atoms with E-state index in [9.17, 15) is 13.2 Å². The smallest absolute Gasteiger partial charge is 0.267 e. The third-order valence-electron chi connectivity index (χ3n) is 4.96. The molecule has 9 heteroatoms. The van der Waals surface area contributed by atoms with Gasteiger partial charge >= 0.3 is 0 Å². The lowest BCUT2D eigenvalue weighted by atomic mass is 10.1. The van der Waals surface area contributed by atoms with Gasteiger partial charge in [0.2, 0.25) is 5.91 Å². The average Bonchev–Trinajstić information content (AvgIpc) is 3.03. The van der Waals surface area contributed by atoms with Crippen LogP contribution in [0, 0.1) is 19.8 Å². The number of nitrogens with zero attached hydrogens (tertiary/aromatic N) is 2. The maximum atomic E-state index is 13.0. The minimum Gasteiger partial charge on any atom is -0.495 e. The van der Waals surface area contributed by atoms with E-state index in [1.807, 2.05) is 32.6 Å². The van der Waals surface area contributed by atoms with Gasteiger partial charge in [0.05, 0.1) is 19.3 Å². The van der Waals surface area contributed by atoms with Crippen LogP contribution in [0.1, 0.15) is 42.0 Å². The lowest BCUT2D eigenvalue weighted by molar-refractivity contribution is -0.132. The van der Waals surface area contributed by atoms with Crippen molar-refractivity contribution in [2.24, 2.45) is 5.92 Å². The highest BCUT2D eigenvalue weighted by Gasteiger charge is 2.27. The number of benzene rings is 1. The Morgan fingerprint density at radius 2 is 2.00 bits per heavy atom. The fourth-order valence-electron chi connectivity index (χ4n) is 3.23. The van der Waals surface area contributed by atoms with E-state index < -0.39 is 10.0 Å². The third kappa shape index (κ3) is 4.72. The number of hydrogen-bond donors (Lipinski definition) is 1. The van der Waals surface area contributed by atoms with Crippen LogP contribution in [-0.2, 0) is 27.8 Å². The van der Waals surface area contributed by atoms with Crippen molar-refractivity contribution in [1.82, 2.24) is 9.88 Å². The molecule has 1 aliphatic heterocycles. The van der Waals surface area contributed by atoms with E-state index in [1.54, 1.807) is 12.1 Å². The van der Waals surface area contributed by atoms with Gasteiger partial charge in [-0.2, -0.15) is 0 Å². The summed E-state index contributed by atoms with van der Waals surface area (Å²) < 4.78 is 33.8. The van der Waals surface area contributed by atoms with Crippen molar-refractivity contribution in [3.05, 3.63) is 33.8 Å². The van der Waals surface area contributed by atoms with Crippen LogP contribution in [0.5, 0.6) is 5.75 Å². The van der Waals surface area contributed by atoms with Crippen LogP contribution in [0.3, 0.4) is 0 Å². The second kappa shape index (κ2) is 8.31. The summed E-state index contributed by atoms with van der Waals surface area (Å²) in [6.45, 7) is 8.90. The van der Waals surface area contributed by atoms with Gasteiger partial charge in [-0.3, -0.25) is 9.52 Å². The quantitative estimate of drug-likeness (QED) is 0.747. The van der Waals surface area contributed by atoms with E-state index in [2.05, 4.69) is 9.71 Å². The molecule has 3 rings (SSSR count). The highest BCUT2D eigenvalue weighted by Crippen LogP contribution is 2.33. The Labute approximate surface area is 176 Å². The van der Waals surface area contributed by atoms with Crippen molar-refractivity contribution < 1.29 is 17.9 Å². The Balaban J connectivity index is 1.82. The van der Waals surface area contributed by atoms with Gasteiger partial charge in [-0.25, -0.2) is 13.4 Å². The molecule has 0 unspecified atom stereocenters. The summed E-state index contributed by atoms with van der Waals surface area (Å²) in [4.78, 5) is 19.7. The molecule has 0 spiro atoms. The average molecular weight is 438 g/mol. The van der Waals surface area contributed by atoms with Gasteiger partial charge in [-0.05, 0) is 43.0 Å². The Morgan fingerprint density at radius 3 is 2.66 bits per heavy atom. The minimum atomic E-state index is -3.85. The normalized spacial score (nSPS) is 14.1. The first kappa shape index (κ1) is 21.6. The number of carbonyl (C=O) groups excluding carboxylic acids is 1. The first-order chi connectivity index (χ1) is 13.6. The number of aromatic nitrogens is 1. The van der Waals surface area contributed by atoms with Gasteiger partial charge in [0.1, 0.15) is 10.6 Å². The maximum absolute atomic E-state index is 13.0. The van der Waals surface area contributed by atoms with Gasteiger partial charge in [-0.15, -0.1) is 0 Å². The summed E-state index contributed by atoms with van der Waals surface area (Å²) in [5, 5.41) is 0.313. The molecule has 158 valence electrons. The van der Waals surface area contributed by atoms with E-state index in [0.717, 1.165) is 21.7 Å². The van der Waals surface area contributed by atoms with Crippen LogP contribution >= 0.6 is 11.3 Å². The number of rotatable bonds is 6. The van der Waals surface area contributed by atoms with Crippen LogP contribution in [-0.4, -0.2) is 37.9 Å². The summed E-state index contributed by atoms with van der Waals surface area (Å²) >= 11 is 1.28. The zero-order valence-corrected chi connectivity index (χ0v) is 19.0. The van der Waals surface area contributed by atoms with Gasteiger partial charge in [0, 0.05) is 24.3 Å². The van der Waals surface area contributed by atoms with E-state index >= 15 is 0 Å². The number of ether oxygens (including phenoxy) is 1. The molecule has 0 atom stereocenters. The Hall–Kier alpha value is -2.13. The number of aryl methyl sites for hydroxylation is 2. The molecule has 1 amide bonds. The molecule has 0 fully saturated rings. The van der Waals surface area contributed by atoms with Crippen molar-refractivity contribution in [3.63, 3.8) is 0 Å². The molecule has 0 saturated heterocycles. The highest BCUT2D eigenvalue weighted by atomic mass is 32.2. The molecule has 1 aromatic heterocycles. The molecule has 0 bridgehead atoms. The molecular formula is C20H27N3O4S2. The van der Waals surface area contributed by atoms with E-state index in [1.165, 1.54) is 18.4 Å². The van der Waals surface area contributed by atoms with E-state index in [-0.39, 0.29) is 10.8 Å². The van der Waals surface area contributed by atoms with Crippen molar-refractivity contribution in [3.8, 4) is 5.75 Å². The van der Waals surface area contributed by atoms with Crippen LogP contribution < -0.4 is 9.46 Å². The molecular weight excluding hydrogens is 410 g/mol. The Bertz CT molecular complexity index is 1030. The summed E-state index contributed by atoms with van der Waals surface area (Å²) in [5.74, 6) is 0.731. The molecule has 29 heavy (non-hydrogen) atoms. The molecule has 0 aliphatic carbocycles. The van der Waals surface area contributed by atoms with Gasteiger partial charge in [0.15, 0.2) is 5.13 Å². The molecule has 0 saturated carbocycles. The summed E-state index contributed by atoms with van der Waals surface area (Å²) in [6.07, 6.45) is 1.14. The van der Waals surface area contributed by atoms with Gasteiger partial charge < -0.3 is 9.64 Å². The largest absolute Gasteiger partial charge is 0.495 e. The zero-order valence-electron chi connectivity index (χ0n) is 17.4. The number of methoxy groups -OCH3 is 1. The lowest BCUT2D eigenvalue weighted by Crippen LogP contribution is -2.36. The highest BCUT2D eigenvalue weighted by molar-refractivity contribution is 7.93. The first-order valence-corrected chi connectivity index (χ1v) is 11.8. The molecule has 1 aliphatic rings. The van der Waals surface area contributed by atoms with Crippen molar-refractivity contribution in [2.45, 2.75) is 52.0 Å². The van der Waals surface area contributed by atoms with Crippen LogP contribution in [0.25, 0.3) is 0 Å². The summed E-state index contributed by atoms with van der Waals surface area (Å²) in [5.41, 5.74) is 2.67. The molecule has 0 radical (unpaired) electrons. The summed E-state index contributed by atoms with van der Waals surface area (Å²) in [7, 11) is -2.40. The molecule has 2 heterocycles. The maximum Gasteiger partial charge on any atom is 0.267 e. The topological polar surface area (TPSA) is 88.6 Å². The Kier molecular flexibility index (Phi) is 6.19. The zero-order chi connectivity index (χ0) is 21.3. The number of fused-ring (bicyclic) bond motifs is 1. The SMILES string of the molecule is COc1cc(C)c(C)cc1S(=O)(=O)Nc1nc2c(s1)CN(C(=O)CC(C)C)CC2.